The molecular formula is C17H27N3O. The molecule has 0 aliphatic rings. The van der Waals surface area contributed by atoms with Gasteiger partial charge in [-0.2, -0.15) is 5.10 Å². The van der Waals surface area contributed by atoms with E-state index in [4.69, 9.17) is 10.2 Å². The van der Waals surface area contributed by atoms with Crippen LogP contribution in [0.3, 0.4) is 0 Å². The van der Waals surface area contributed by atoms with Crippen LogP contribution in [0.4, 0.5) is 0 Å². The lowest BCUT2D eigenvalue weighted by molar-refractivity contribution is 0.236. The van der Waals surface area contributed by atoms with Crippen molar-refractivity contribution in [2.45, 2.75) is 46.7 Å². The number of fused-ring (bicyclic) bond motifs is 1. The summed E-state index contributed by atoms with van der Waals surface area (Å²) in [5.41, 5.74) is 2.52. The molecule has 0 amide bonds. The molecule has 2 N–H and O–H groups in total. The molecule has 21 heavy (non-hydrogen) atoms. The maximum atomic E-state index is 8.95. The average molecular weight is 289 g/mol. The van der Waals surface area contributed by atoms with Crippen LogP contribution in [-0.2, 0) is 13.1 Å². The Morgan fingerprint density at radius 2 is 2.05 bits per heavy atom. The number of hydrogen-bond donors (Lipinski definition) is 2. The van der Waals surface area contributed by atoms with Crippen LogP contribution in [0.25, 0.3) is 10.9 Å². The number of hydrogen-bond acceptors (Lipinski definition) is 3. The highest BCUT2D eigenvalue weighted by Crippen LogP contribution is 2.22. The van der Waals surface area contributed by atoms with Crippen molar-refractivity contribution in [3.8, 4) is 0 Å². The van der Waals surface area contributed by atoms with E-state index >= 15 is 0 Å². The molecule has 0 fully saturated rings. The Hall–Kier alpha value is -1.39. The summed E-state index contributed by atoms with van der Waals surface area (Å²) in [5.74, 6) is 0. The zero-order valence-electron chi connectivity index (χ0n) is 13.4. The summed E-state index contributed by atoms with van der Waals surface area (Å²) in [6, 6.07) is 8.40. The minimum atomic E-state index is 0.200. The van der Waals surface area contributed by atoms with Gasteiger partial charge in [-0.3, -0.25) is 4.68 Å². The van der Waals surface area contributed by atoms with Gasteiger partial charge in [0.2, 0.25) is 0 Å². The molecule has 0 radical (unpaired) electrons. The second kappa shape index (κ2) is 7.05. The normalized spacial score (nSPS) is 12.2. The van der Waals surface area contributed by atoms with E-state index in [9.17, 15) is 0 Å². The predicted octanol–water partition coefficient (Wildman–Crippen LogP) is 2.94. The van der Waals surface area contributed by atoms with Crippen molar-refractivity contribution in [3.05, 3.63) is 30.0 Å². The number of rotatable bonds is 8. The summed E-state index contributed by atoms with van der Waals surface area (Å²) >= 11 is 0. The fraction of sp³-hybridized carbons (Fsp3) is 0.588. The van der Waals surface area contributed by atoms with Gasteiger partial charge in [-0.05, 0) is 31.2 Å². The Morgan fingerprint density at radius 1 is 1.29 bits per heavy atom. The number of aliphatic hydroxyl groups is 1. The third-order valence-electron chi connectivity index (χ3n) is 3.94. The molecule has 0 spiro atoms. The Kier molecular flexibility index (Phi) is 5.37. The van der Waals surface area contributed by atoms with Gasteiger partial charge in [0.15, 0.2) is 0 Å². The van der Waals surface area contributed by atoms with Crippen molar-refractivity contribution in [2.24, 2.45) is 5.41 Å². The lowest BCUT2D eigenvalue weighted by Gasteiger charge is -2.24. The molecular weight excluding hydrogens is 262 g/mol. The number of nitrogens with one attached hydrogen (secondary N) is 1. The Bertz CT molecular complexity index is 574. The molecule has 1 aromatic carbocycles. The molecule has 2 aromatic rings. The first-order chi connectivity index (χ1) is 10.1. The van der Waals surface area contributed by atoms with Crippen molar-refractivity contribution in [1.29, 1.82) is 0 Å². The van der Waals surface area contributed by atoms with Crippen molar-refractivity contribution in [1.82, 2.24) is 15.1 Å². The van der Waals surface area contributed by atoms with Crippen molar-refractivity contribution in [3.63, 3.8) is 0 Å². The monoisotopic (exact) mass is 289 g/mol. The number of aryl methyl sites for hydroxylation is 1. The molecule has 0 saturated heterocycles. The fourth-order valence-electron chi connectivity index (χ4n) is 2.73. The number of aliphatic hydroxyl groups excluding tert-OH is 1. The van der Waals surface area contributed by atoms with E-state index in [1.54, 1.807) is 0 Å². The molecule has 4 heteroatoms. The van der Waals surface area contributed by atoms with E-state index < -0.39 is 0 Å². The van der Waals surface area contributed by atoms with E-state index in [0.29, 0.717) is 0 Å². The second-order valence-corrected chi connectivity index (χ2v) is 6.37. The molecule has 4 nitrogen and oxygen atoms in total. The average Bonchev–Trinajstić information content (AvgIpc) is 2.83. The van der Waals surface area contributed by atoms with E-state index in [1.807, 2.05) is 0 Å². The van der Waals surface area contributed by atoms with E-state index in [1.165, 1.54) is 10.9 Å². The Morgan fingerprint density at radius 3 is 2.76 bits per heavy atom. The third-order valence-corrected chi connectivity index (χ3v) is 3.94. The predicted molar refractivity (Wildman–Crippen MR) is 87.2 cm³/mol. The topological polar surface area (TPSA) is 50.1 Å². The highest BCUT2D eigenvalue weighted by Gasteiger charge is 2.17. The standard InChI is InChI=1S/C17H27N3O/c1-4-20-16-9-6-5-8-14(16)15(19-20)12-18-13-17(2,3)10-7-11-21/h5-6,8-9,18,21H,4,7,10-13H2,1-3H3. The maximum Gasteiger partial charge on any atom is 0.0841 e. The number of aromatic nitrogens is 2. The van der Waals surface area contributed by atoms with Gasteiger partial charge >= 0.3 is 0 Å². The lowest BCUT2D eigenvalue weighted by Crippen LogP contribution is -2.29. The van der Waals surface area contributed by atoms with Crippen LogP contribution in [0.5, 0.6) is 0 Å². The number of benzene rings is 1. The summed E-state index contributed by atoms with van der Waals surface area (Å²) in [6.45, 7) is 9.47. The number of nitrogens with zero attached hydrogens (tertiary/aromatic N) is 2. The van der Waals surface area contributed by atoms with Gasteiger partial charge in [0.1, 0.15) is 0 Å². The van der Waals surface area contributed by atoms with Crippen LogP contribution in [0.1, 0.15) is 39.3 Å². The second-order valence-electron chi connectivity index (χ2n) is 6.37. The summed E-state index contributed by atoms with van der Waals surface area (Å²) in [6.07, 6.45) is 1.89. The molecule has 0 saturated carbocycles. The Balaban J connectivity index is 2.01. The SMILES string of the molecule is CCn1nc(CNCC(C)(C)CCCO)c2ccccc21. The van der Waals surface area contributed by atoms with Gasteiger partial charge in [0.05, 0.1) is 11.2 Å². The van der Waals surface area contributed by atoms with Gasteiger partial charge in [0, 0.05) is 31.6 Å². The summed E-state index contributed by atoms with van der Waals surface area (Å²) in [4.78, 5) is 0. The van der Waals surface area contributed by atoms with Gasteiger partial charge in [0.25, 0.3) is 0 Å². The Labute approximate surface area is 127 Å². The first-order valence-electron chi connectivity index (χ1n) is 7.83. The molecule has 116 valence electrons. The van der Waals surface area contributed by atoms with Crippen LogP contribution in [0.15, 0.2) is 24.3 Å². The maximum absolute atomic E-state index is 8.95. The molecule has 0 bridgehead atoms. The minimum Gasteiger partial charge on any atom is -0.396 e. The van der Waals surface area contributed by atoms with Crippen molar-refractivity contribution < 1.29 is 5.11 Å². The number of para-hydroxylation sites is 1. The third kappa shape index (κ3) is 4.05. The molecule has 0 aliphatic carbocycles. The smallest absolute Gasteiger partial charge is 0.0841 e. The van der Waals surface area contributed by atoms with Crippen molar-refractivity contribution in [2.75, 3.05) is 13.2 Å². The highest BCUT2D eigenvalue weighted by atomic mass is 16.2. The van der Waals surface area contributed by atoms with Gasteiger partial charge in [-0.1, -0.05) is 32.0 Å². The molecule has 2 rings (SSSR count). The molecule has 0 aliphatic heterocycles. The largest absolute Gasteiger partial charge is 0.396 e. The van der Waals surface area contributed by atoms with Gasteiger partial charge in [-0.15, -0.1) is 0 Å². The van der Waals surface area contributed by atoms with E-state index in [-0.39, 0.29) is 12.0 Å². The van der Waals surface area contributed by atoms with Crippen LogP contribution >= 0.6 is 0 Å². The first-order valence-corrected chi connectivity index (χ1v) is 7.83. The highest BCUT2D eigenvalue weighted by molar-refractivity contribution is 5.81. The zero-order chi connectivity index (χ0) is 15.3. The van der Waals surface area contributed by atoms with Crippen LogP contribution < -0.4 is 5.32 Å². The van der Waals surface area contributed by atoms with Crippen LogP contribution in [0.2, 0.25) is 0 Å². The first kappa shape index (κ1) is 16.0. The summed E-state index contributed by atoms with van der Waals surface area (Å²) in [7, 11) is 0. The van der Waals surface area contributed by atoms with Gasteiger partial charge < -0.3 is 10.4 Å². The minimum absolute atomic E-state index is 0.200. The quantitative estimate of drug-likeness (QED) is 0.785. The van der Waals surface area contributed by atoms with Crippen LogP contribution in [-0.4, -0.2) is 28.0 Å². The lowest BCUT2D eigenvalue weighted by atomic mass is 9.88. The fourth-order valence-corrected chi connectivity index (χ4v) is 2.73. The van der Waals surface area contributed by atoms with E-state index in [0.717, 1.165) is 38.2 Å². The van der Waals surface area contributed by atoms with Crippen molar-refractivity contribution >= 4 is 10.9 Å². The molecule has 0 atom stereocenters. The summed E-state index contributed by atoms with van der Waals surface area (Å²) in [5, 5.41) is 18.4. The molecule has 1 aromatic heterocycles. The molecule has 1 heterocycles. The van der Waals surface area contributed by atoms with E-state index in [2.05, 4.69) is 55.0 Å². The van der Waals surface area contributed by atoms with Gasteiger partial charge in [-0.25, -0.2) is 0 Å². The molecule has 0 unspecified atom stereocenters. The van der Waals surface area contributed by atoms with Crippen LogP contribution in [0, 0.1) is 5.41 Å². The zero-order valence-corrected chi connectivity index (χ0v) is 13.4. The summed E-state index contributed by atoms with van der Waals surface area (Å²) < 4.78 is 2.06.